The second kappa shape index (κ2) is 12.5. The number of hydrogen-bond acceptors (Lipinski definition) is 3. The van der Waals surface area contributed by atoms with Crippen molar-refractivity contribution in [1.29, 1.82) is 0 Å². The van der Waals surface area contributed by atoms with Crippen molar-refractivity contribution < 1.29 is 10.3 Å². The van der Waals surface area contributed by atoms with E-state index in [1.165, 1.54) is 19.3 Å². The standard InChI is InChI=1S/C16H33NO2/c1-4-7-8-13-16(18)15(17-19)12-10-9-11-14(5-2)6-3/h14,16,18-19H,4-13H2,1-3H3. The lowest BCUT2D eigenvalue weighted by molar-refractivity contribution is 0.213. The van der Waals surface area contributed by atoms with Gasteiger partial charge in [0.25, 0.3) is 0 Å². The lowest BCUT2D eigenvalue weighted by Crippen LogP contribution is -2.20. The van der Waals surface area contributed by atoms with Gasteiger partial charge < -0.3 is 10.3 Å². The molecule has 1 atom stereocenters. The van der Waals surface area contributed by atoms with E-state index in [2.05, 4.69) is 25.9 Å². The lowest BCUT2D eigenvalue weighted by atomic mass is 9.95. The summed E-state index contributed by atoms with van der Waals surface area (Å²) in [4.78, 5) is 0. The molecule has 19 heavy (non-hydrogen) atoms. The second-order valence-corrected chi connectivity index (χ2v) is 5.53. The van der Waals surface area contributed by atoms with Gasteiger partial charge >= 0.3 is 0 Å². The monoisotopic (exact) mass is 271 g/mol. The summed E-state index contributed by atoms with van der Waals surface area (Å²) in [5.74, 6) is 0.823. The van der Waals surface area contributed by atoms with Crippen LogP contribution in [0.25, 0.3) is 0 Å². The summed E-state index contributed by atoms with van der Waals surface area (Å²) >= 11 is 0. The Balaban J connectivity index is 3.81. The van der Waals surface area contributed by atoms with Crippen LogP contribution < -0.4 is 0 Å². The van der Waals surface area contributed by atoms with E-state index in [9.17, 15) is 5.11 Å². The van der Waals surface area contributed by atoms with Gasteiger partial charge in [-0.3, -0.25) is 0 Å². The minimum absolute atomic E-state index is 0.551. The molecule has 0 saturated heterocycles. The van der Waals surface area contributed by atoms with Crippen LogP contribution in [0, 0.1) is 5.92 Å². The Kier molecular flexibility index (Phi) is 12.1. The van der Waals surface area contributed by atoms with Crippen molar-refractivity contribution in [3.63, 3.8) is 0 Å². The van der Waals surface area contributed by atoms with Crippen molar-refractivity contribution in [2.24, 2.45) is 11.1 Å². The van der Waals surface area contributed by atoms with E-state index in [4.69, 9.17) is 5.21 Å². The molecule has 0 saturated carbocycles. The molecule has 0 aromatic heterocycles. The lowest BCUT2D eigenvalue weighted by Gasteiger charge is -2.14. The molecule has 0 amide bonds. The molecule has 3 heteroatoms. The summed E-state index contributed by atoms with van der Waals surface area (Å²) < 4.78 is 0. The maximum Gasteiger partial charge on any atom is 0.0954 e. The summed E-state index contributed by atoms with van der Waals surface area (Å²) in [7, 11) is 0. The molecule has 114 valence electrons. The topological polar surface area (TPSA) is 52.8 Å². The summed E-state index contributed by atoms with van der Waals surface area (Å²) in [5.41, 5.74) is 0.570. The van der Waals surface area contributed by atoms with Gasteiger partial charge in [-0.05, 0) is 25.2 Å². The van der Waals surface area contributed by atoms with Gasteiger partial charge in [-0.15, -0.1) is 0 Å². The van der Waals surface area contributed by atoms with Crippen LogP contribution in [0.5, 0.6) is 0 Å². The van der Waals surface area contributed by atoms with Gasteiger partial charge in [-0.1, -0.05) is 70.9 Å². The van der Waals surface area contributed by atoms with E-state index < -0.39 is 6.10 Å². The molecular weight excluding hydrogens is 238 g/mol. The zero-order chi connectivity index (χ0) is 14.5. The Morgan fingerprint density at radius 3 is 2.11 bits per heavy atom. The van der Waals surface area contributed by atoms with Crippen LogP contribution in [0.2, 0.25) is 0 Å². The molecule has 0 rings (SSSR count). The average Bonchev–Trinajstić information content (AvgIpc) is 2.43. The van der Waals surface area contributed by atoms with Gasteiger partial charge in [-0.2, -0.15) is 0 Å². The molecule has 0 aliphatic heterocycles. The van der Waals surface area contributed by atoms with Crippen LogP contribution in [0.3, 0.4) is 0 Å². The van der Waals surface area contributed by atoms with Crippen molar-refractivity contribution in [2.75, 3.05) is 0 Å². The molecule has 0 aliphatic rings. The van der Waals surface area contributed by atoms with Crippen LogP contribution in [0.4, 0.5) is 0 Å². The highest BCUT2D eigenvalue weighted by atomic mass is 16.4. The summed E-state index contributed by atoms with van der Waals surface area (Å²) in [5, 5.41) is 22.2. The van der Waals surface area contributed by atoms with Crippen molar-refractivity contribution >= 4 is 5.71 Å². The molecule has 0 aliphatic carbocycles. The number of nitrogens with zero attached hydrogens (tertiary/aromatic N) is 1. The third-order valence-electron chi connectivity index (χ3n) is 4.04. The number of aliphatic hydroxyl groups excluding tert-OH is 1. The Hall–Kier alpha value is -0.570. The third-order valence-corrected chi connectivity index (χ3v) is 4.04. The fourth-order valence-electron chi connectivity index (χ4n) is 2.47. The summed E-state index contributed by atoms with van der Waals surface area (Å²) in [6.07, 6.45) is 10.1. The summed E-state index contributed by atoms with van der Waals surface area (Å²) in [6.45, 7) is 6.63. The number of aliphatic hydroxyl groups is 1. The minimum atomic E-state index is -0.551. The Morgan fingerprint density at radius 2 is 1.58 bits per heavy atom. The van der Waals surface area contributed by atoms with E-state index in [1.54, 1.807) is 0 Å². The maximum atomic E-state index is 9.95. The van der Waals surface area contributed by atoms with Gasteiger partial charge in [0, 0.05) is 0 Å². The molecule has 0 heterocycles. The Labute approximate surface area is 119 Å². The quantitative estimate of drug-likeness (QED) is 0.233. The Bertz CT molecular complexity index is 225. The SMILES string of the molecule is CCCCCC(O)C(CCCCC(CC)CC)=NO. The number of rotatable bonds is 12. The van der Waals surface area contributed by atoms with Crippen molar-refractivity contribution in [2.45, 2.75) is 91.1 Å². The minimum Gasteiger partial charge on any atom is -0.411 e. The smallest absolute Gasteiger partial charge is 0.0954 e. The second-order valence-electron chi connectivity index (χ2n) is 5.53. The normalized spacial score (nSPS) is 14.1. The molecule has 2 N–H and O–H groups in total. The molecule has 0 aromatic carbocycles. The van der Waals surface area contributed by atoms with E-state index >= 15 is 0 Å². The van der Waals surface area contributed by atoms with Crippen LogP contribution in [0.1, 0.15) is 85.0 Å². The molecule has 0 bridgehead atoms. The maximum absolute atomic E-state index is 9.95. The highest BCUT2D eigenvalue weighted by Gasteiger charge is 2.13. The molecule has 0 fully saturated rings. The Morgan fingerprint density at radius 1 is 0.947 bits per heavy atom. The number of hydrogen-bond donors (Lipinski definition) is 2. The first kappa shape index (κ1) is 18.4. The van der Waals surface area contributed by atoms with Gasteiger partial charge in [0.1, 0.15) is 0 Å². The molecule has 0 aromatic rings. The number of unbranched alkanes of at least 4 members (excludes halogenated alkanes) is 3. The van der Waals surface area contributed by atoms with E-state index in [0.29, 0.717) is 5.71 Å². The molecule has 0 radical (unpaired) electrons. The van der Waals surface area contributed by atoms with Gasteiger partial charge in [0.15, 0.2) is 0 Å². The van der Waals surface area contributed by atoms with Gasteiger partial charge in [-0.25, -0.2) is 0 Å². The van der Waals surface area contributed by atoms with Gasteiger partial charge in [0.2, 0.25) is 0 Å². The van der Waals surface area contributed by atoms with Crippen LogP contribution in [0.15, 0.2) is 5.16 Å². The van der Waals surface area contributed by atoms with Crippen LogP contribution in [-0.2, 0) is 0 Å². The first-order valence-electron chi connectivity index (χ1n) is 8.08. The summed E-state index contributed by atoms with van der Waals surface area (Å²) in [6, 6.07) is 0. The highest BCUT2D eigenvalue weighted by Crippen LogP contribution is 2.17. The first-order chi connectivity index (χ1) is 9.19. The predicted molar refractivity (Wildman–Crippen MR) is 81.9 cm³/mol. The van der Waals surface area contributed by atoms with E-state index in [1.807, 2.05) is 0 Å². The fraction of sp³-hybridized carbons (Fsp3) is 0.938. The van der Waals surface area contributed by atoms with Crippen molar-refractivity contribution in [3.05, 3.63) is 0 Å². The first-order valence-corrected chi connectivity index (χ1v) is 8.08. The van der Waals surface area contributed by atoms with Crippen LogP contribution in [-0.4, -0.2) is 22.1 Å². The highest BCUT2D eigenvalue weighted by molar-refractivity contribution is 5.87. The predicted octanol–water partition coefficient (Wildman–Crippen LogP) is 4.75. The largest absolute Gasteiger partial charge is 0.411 e. The van der Waals surface area contributed by atoms with Crippen molar-refractivity contribution in [1.82, 2.24) is 0 Å². The van der Waals surface area contributed by atoms with Crippen molar-refractivity contribution in [3.8, 4) is 0 Å². The zero-order valence-electron chi connectivity index (χ0n) is 13.1. The fourth-order valence-corrected chi connectivity index (χ4v) is 2.47. The molecule has 1 unspecified atom stereocenters. The average molecular weight is 271 g/mol. The molecular formula is C16H33NO2. The van der Waals surface area contributed by atoms with E-state index in [-0.39, 0.29) is 0 Å². The third kappa shape index (κ3) is 9.04. The van der Waals surface area contributed by atoms with Crippen LogP contribution >= 0.6 is 0 Å². The van der Waals surface area contributed by atoms with E-state index in [0.717, 1.165) is 50.9 Å². The van der Waals surface area contributed by atoms with Gasteiger partial charge in [0.05, 0.1) is 11.8 Å². The molecule has 3 nitrogen and oxygen atoms in total. The molecule has 0 spiro atoms. The zero-order valence-corrected chi connectivity index (χ0v) is 13.1. The number of oxime groups is 1.